The van der Waals surface area contributed by atoms with Gasteiger partial charge in [0.15, 0.2) is 6.61 Å². The van der Waals surface area contributed by atoms with Gasteiger partial charge in [0.2, 0.25) is 0 Å². The predicted molar refractivity (Wildman–Crippen MR) is 98.0 cm³/mol. The zero-order valence-corrected chi connectivity index (χ0v) is 15.6. The first-order chi connectivity index (χ1) is 12.9. The minimum atomic E-state index is -0.608. The van der Waals surface area contributed by atoms with Gasteiger partial charge in [-0.3, -0.25) is 9.69 Å². The number of hydrogen-bond acceptors (Lipinski definition) is 4. The molecule has 1 aliphatic heterocycles. The lowest BCUT2D eigenvalue weighted by Gasteiger charge is -2.29. The summed E-state index contributed by atoms with van der Waals surface area (Å²) >= 11 is 5.59. The van der Waals surface area contributed by atoms with Crippen molar-refractivity contribution in [3.63, 3.8) is 0 Å². The molecule has 6 nitrogen and oxygen atoms in total. The number of nitrogens with zero attached hydrogens (tertiary/aromatic N) is 1. The minimum absolute atomic E-state index is 0.00898. The lowest BCUT2D eigenvalue weighted by atomic mass is 9.81. The van der Waals surface area contributed by atoms with Crippen molar-refractivity contribution >= 4 is 23.6 Å². The highest BCUT2D eigenvalue weighted by molar-refractivity contribution is 6.30. The first-order valence-electron chi connectivity index (χ1n) is 8.94. The molecule has 1 saturated heterocycles. The normalized spacial score (nSPS) is 19.4. The van der Waals surface area contributed by atoms with Crippen LogP contribution in [0.15, 0.2) is 30.5 Å². The van der Waals surface area contributed by atoms with E-state index in [0.29, 0.717) is 31.1 Å². The third-order valence-corrected chi connectivity index (χ3v) is 5.20. The van der Waals surface area contributed by atoms with E-state index in [0.717, 1.165) is 18.9 Å². The van der Waals surface area contributed by atoms with Crippen LogP contribution in [-0.4, -0.2) is 42.7 Å². The summed E-state index contributed by atoms with van der Waals surface area (Å²) in [7, 11) is 0. The number of cyclic esters (lactones) is 1. The predicted octanol–water partition coefficient (Wildman–Crippen LogP) is 3.50. The van der Waals surface area contributed by atoms with Crippen LogP contribution in [0.25, 0.3) is 0 Å². The van der Waals surface area contributed by atoms with Gasteiger partial charge < -0.3 is 14.8 Å². The Morgan fingerprint density at radius 2 is 2.22 bits per heavy atom. The molecule has 0 radical (unpaired) electrons. The SMILES string of the molecule is C=C(CCNC(=O)COc1ccc(Cl)c(F)c1)N1CC(C2CCC2)OC1=O. The molecule has 1 aromatic carbocycles. The molecule has 1 atom stereocenters. The van der Waals surface area contributed by atoms with Crippen molar-refractivity contribution in [2.75, 3.05) is 19.7 Å². The van der Waals surface area contributed by atoms with Crippen LogP contribution in [0.3, 0.4) is 0 Å². The third-order valence-electron chi connectivity index (χ3n) is 4.89. The Balaban J connectivity index is 1.36. The van der Waals surface area contributed by atoms with Crippen molar-refractivity contribution in [2.24, 2.45) is 5.92 Å². The molecule has 1 heterocycles. The molecule has 146 valence electrons. The summed E-state index contributed by atoms with van der Waals surface area (Å²) in [6.07, 6.45) is 3.41. The maximum absolute atomic E-state index is 13.3. The van der Waals surface area contributed by atoms with Crippen LogP contribution in [0.4, 0.5) is 9.18 Å². The van der Waals surface area contributed by atoms with Gasteiger partial charge in [-0.1, -0.05) is 24.6 Å². The van der Waals surface area contributed by atoms with Gasteiger partial charge in [0.1, 0.15) is 17.7 Å². The van der Waals surface area contributed by atoms with Gasteiger partial charge in [0.05, 0.1) is 11.6 Å². The lowest BCUT2D eigenvalue weighted by Crippen LogP contribution is -2.33. The zero-order valence-electron chi connectivity index (χ0n) is 14.9. The second kappa shape index (κ2) is 8.61. The van der Waals surface area contributed by atoms with Crippen molar-refractivity contribution in [1.29, 1.82) is 0 Å². The molecule has 2 amide bonds. The van der Waals surface area contributed by atoms with E-state index in [9.17, 15) is 14.0 Å². The number of carbonyl (C=O) groups excluding carboxylic acids is 2. The number of hydrogen-bond donors (Lipinski definition) is 1. The van der Waals surface area contributed by atoms with Crippen molar-refractivity contribution < 1.29 is 23.5 Å². The van der Waals surface area contributed by atoms with Crippen LogP contribution in [0.2, 0.25) is 5.02 Å². The lowest BCUT2D eigenvalue weighted by molar-refractivity contribution is -0.123. The number of halogens is 2. The number of rotatable bonds is 8. The van der Waals surface area contributed by atoms with Crippen LogP contribution < -0.4 is 10.1 Å². The molecule has 1 unspecified atom stereocenters. The van der Waals surface area contributed by atoms with Crippen molar-refractivity contribution in [3.05, 3.63) is 41.3 Å². The molecular weight excluding hydrogens is 375 g/mol. The van der Waals surface area contributed by atoms with Gasteiger partial charge in [-0.05, 0) is 30.9 Å². The summed E-state index contributed by atoms with van der Waals surface area (Å²) in [5, 5.41) is 2.67. The Morgan fingerprint density at radius 3 is 2.89 bits per heavy atom. The Labute approximate surface area is 162 Å². The van der Waals surface area contributed by atoms with E-state index in [-0.39, 0.29) is 35.5 Å². The molecule has 27 heavy (non-hydrogen) atoms. The molecule has 8 heteroatoms. The molecule has 2 fully saturated rings. The minimum Gasteiger partial charge on any atom is -0.484 e. The van der Waals surface area contributed by atoms with Crippen LogP contribution in [0, 0.1) is 11.7 Å². The smallest absolute Gasteiger partial charge is 0.414 e. The molecule has 3 rings (SSSR count). The van der Waals surface area contributed by atoms with E-state index in [1.165, 1.54) is 18.6 Å². The molecule has 1 aliphatic carbocycles. The van der Waals surface area contributed by atoms with Gasteiger partial charge in [0, 0.05) is 24.7 Å². The highest BCUT2D eigenvalue weighted by Crippen LogP contribution is 2.35. The Morgan fingerprint density at radius 1 is 1.44 bits per heavy atom. The molecule has 0 aromatic heterocycles. The van der Waals surface area contributed by atoms with Gasteiger partial charge in [0.25, 0.3) is 5.91 Å². The van der Waals surface area contributed by atoms with E-state index in [2.05, 4.69) is 11.9 Å². The standard InChI is InChI=1S/C19H22ClFN2O4/c1-12(23-10-17(27-19(23)25)13-3-2-4-13)7-8-22-18(24)11-26-14-5-6-15(20)16(21)9-14/h5-6,9,13,17H,1-4,7-8,10-11H2,(H,22,24). The van der Waals surface area contributed by atoms with E-state index in [1.54, 1.807) is 4.90 Å². The average Bonchev–Trinajstić information content (AvgIpc) is 2.95. The zero-order chi connectivity index (χ0) is 19.4. The number of ether oxygens (including phenoxy) is 2. The maximum atomic E-state index is 13.3. The fourth-order valence-corrected chi connectivity index (χ4v) is 3.17. The summed E-state index contributed by atoms with van der Waals surface area (Å²) in [6.45, 7) is 4.52. The van der Waals surface area contributed by atoms with Crippen LogP contribution in [-0.2, 0) is 9.53 Å². The summed E-state index contributed by atoms with van der Waals surface area (Å²) in [5.41, 5.74) is 0.614. The highest BCUT2D eigenvalue weighted by Gasteiger charge is 2.39. The first kappa shape index (κ1) is 19.5. The van der Waals surface area contributed by atoms with E-state index in [4.69, 9.17) is 21.1 Å². The molecule has 2 aliphatic rings. The van der Waals surface area contributed by atoms with Crippen LogP contribution in [0.1, 0.15) is 25.7 Å². The van der Waals surface area contributed by atoms with E-state index in [1.807, 2.05) is 0 Å². The van der Waals surface area contributed by atoms with Gasteiger partial charge in [-0.25, -0.2) is 9.18 Å². The number of benzene rings is 1. The molecule has 1 N–H and O–H groups in total. The van der Waals surface area contributed by atoms with Crippen molar-refractivity contribution in [2.45, 2.75) is 31.8 Å². The Bertz CT molecular complexity index is 738. The molecule has 0 bridgehead atoms. The van der Waals surface area contributed by atoms with Gasteiger partial charge >= 0.3 is 6.09 Å². The summed E-state index contributed by atoms with van der Waals surface area (Å²) < 4.78 is 23.9. The largest absolute Gasteiger partial charge is 0.484 e. The first-order valence-corrected chi connectivity index (χ1v) is 9.32. The fourth-order valence-electron chi connectivity index (χ4n) is 3.05. The molecule has 1 aromatic rings. The second-order valence-electron chi connectivity index (χ2n) is 6.75. The topological polar surface area (TPSA) is 67.9 Å². The van der Waals surface area contributed by atoms with Crippen LogP contribution in [0.5, 0.6) is 5.75 Å². The molecule has 1 saturated carbocycles. The second-order valence-corrected chi connectivity index (χ2v) is 7.16. The van der Waals surface area contributed by atoms with Crippen molar-refractivity contribution in [1.82, 2.24) is 10.2 Å². The highest BCUT2D eigenvalue weighted by atomic mass is 35.5. The summed E-state index contributed by atoms with van der Waals surface area (Å²) in [4.78, 5) is 25.4. The van der Waals surface area contributed by atoms with E-state index < -0.39 is 5.82 Å². The van der Waals surface area contributed by atoms with Crippen LogP contribution >= 0.6 is 11.6 Å². The summed E-state index contributed by atoms with van der Waals surface area (Å²) in [6, 6.07) is 3.97. The Hall–Kier alpha value is -2.28. The average molecular weight is 397 g/mol. The van der Waals surface area contributed by atoms with E-state index >= 15 is 0 Å². The number of nitrogens with one attached hydrogen (secondary N) is 1. The number of carbonyl (C=O) groups is 2. The monoisotopic (exact) mass is 396 g/mol. The molecular formula is C19H22ClFN2O4. The summed E-state index contributed by atoms with van der Waals surface area (Å²) in [5.74, 6) is -0.280. The molecule has 0 spiro atoms. The quantitative estimate of drug-likeness (QED) is 0.730. The number of amides is 2. The Kier molecular flexibility index (Phi) is 6.21. The third kappa shape index (κ3) is 4.91. The van der Waals surface area contributed by atoms with Gasteiger partial charge in [-0.2, -0.15) is 0 Å². The van der Waals surface area contributed by atoms with Gasteiger partial charge in [-0.15, -0.1) is 0 Å². The maximum Gasteiger partial charge on any atom is 0.414 e. The fraction of sp³-hybridized carbons (Fsp3) is 0.474. The van der Waals surface area contributed by atoms with Crippen molar-refractivity contribution in [3.8, 4) is 5.75 Å².